The van der Waals surface area contributed by atoms with Gasteiger partial charge in [0.05, 0.1) is 12.8 Å². The van der Waals surface area contributed by atoms with Crippen LogP contribution < -0.4 is 16.0 Å². The summed E-state index contributed by atoms with van der Waals surface area (Å²) < 4.78 is 0. The van der Waals surface area contributed by atoms with Crippen molar-refractivity contribution in [3.63, 3.8) is 0 Å². The molecule has 0 aliphatic heterocycles. The number of carboxylic acids is 1. The van der Waals surface area contributed by atoms with E-state index in [0.29, 0.717) is 18.7 Å². The third-order valence-electron chi connectivity index (χ3n) is 4.95. The van der Waals surface area contributed by atoms with Crippen LogP contribution in [0.1, 0.15) is 30.4 Å². The van der Waals surface area contributed by atoms with Crippen molar-refractivity contribution in [2.45, 2.75) is 32.6 Å². The SMILES string of the molecule is Cc1ccccc1NC(=O)Nc1ccc(CC(=O)NCCCC(=O)N(C)CCC(=O)O)cc1. The van der Waals surface area contributed by atoms with Gasteiger partial charge in [0.15, 0.2) is 0 Å². The van der Waals surface area contributed by atoms with E-state index in [4.69, 9.17) is 5.11 Å². The molecule has 33 heavy (non-hydrogen) atoms. The van der Waals surface area contributed by atoms with Crippen LogP contribution >= 0.6 is 0 Å². The van der Waals surface area contributed by atoms with Crippen molar-refractivity contribution in [1.82, 2.24) is 10.2 Å². The number of urea groups is 1. The number of amides is 4. The number of carbonyl (C=O) groups excluding carboxylic acids is 3. The Kier molecular flexibility index (Phi) is 9.88. The van der Waals surface area contributed by atoms with E-state index in [2.05, 4.69) is 16.0 Å². The van der Waals surface area contributed by atoms with Crippen molar-refractivity contribution >= 4 is 35.2 Å². The number of aryl methyl sites for hydroxylation is 1. The quantitative estimate of drug-likeness (QED) is 0.388. The standard InChI is InChI=1S/C24H30N4O5/c1-17-6-3-4-7-20(17)27-24(33)26-19-11-9-18(10-12-19)16-21(29)25-14-5-8-22(30)28(2)15-13-23(31)32/h3-4,6-7,9-12H,5,8,13-16H2,1-2H3,(H,25,29)(H,31,32)(H2,26,27,33). The number of carbonyl (C=O) groups is 4. The van der Waals surface area contributed by atoms with Gasteiger partial charge < -0.3 is 26.0 Å². The van der Waals surface area contributed by atoms with Gasteiger partial charge in [-0.15, -0.1) is 0 Å². The zero-order valence-corrected chi connectivity index (χ0v) is 18.9. The molecule has 0 heterocycles. The maximum Gasteiger partial charge on any atom is 0.323 e. The largest absolute Gasteiger partial charge is 0.481 e. The Morgan fingerprint density at radius 3 is 2.30 bits per heavy atom. The van der Waals surface area contributed by atoms with E-state index in [9.17, 15) is 19.2 Å². The van der Waals surface area contributed by atoms with Crippen molar-refractivity contribution in [1.29, 1.82) is 0 Å². The van der Waals surface area contributed by atoms with Crippen LogP contribution in [0, 0.1) is 6.92 Å². The number of carboxylic acid groups (broad SMARTS) is 1. The Morgan fingerprint density at radius 2 is 1.64 bits per heavy atom. The summed E-state index contributed by atoms with van der Waals surface area (Å²) in [6.45, 7) is 2.43. The molecule has 0 saturated heterocycles. The molecule has 4 N–H and O–H groups in total. The van der Waals surface area contributed by atoms with Crippen LogP contribution in [0.3, 0.4) is 0 Å². The van der Waals surface area contributed by atoms with Gasteiger partial charge >= 0.3 is 12.0 Å². The fourth-order valence-electron chi connectivity index (χ4n) is 3.00. The second kappa shape index (κ2) is 12.8. The molecule has 0 bridgehead atoms. The van der Waals surface area contributed by atoms with Gasteiger partial charge in [0.2, 0.25) is 11.8 Å². The first-order valence-corrected chi connectivity index (χ1v) is 10.7. The van der Waals surface area contributed by atoms with Crippen molar-refractivity contribution in [2.24, 2.45) is 0 Å². The highest BCUT2D eigenvalue weighted by Crippen LogP contribution is 2.15. The number of rotatable bonds is 11. The second-order valence-corrected chi connectivity index (χ2v) is 7.68. The molecule has 0 saturated carbocycles. The van der Waals surface area contributed by atoms with E-state index in [1.165, 1.54) is 4.90 Å². The summed E-state index contributed by atoms with van der Waals surface area (Å²) in [6, 6.07) is 14.1. The van der Waals surface area contributed by atoms with Crippen LogP contribution in [0.15, 0.2) is 48.5 Å². The summed E-state index contributed by atoms with van der Waals surface area (Å²) in [5, 5.41) is 17.0. The summed E-state index contributed by atoms with van der Waals surface area (Å²) in [4.78, 5) is 48.1. The van der Waals surface area contributed by atoms with Crippen LogP contribution in [0.5, 0.6) is 0 Å². The van der Waals surface area contributed by atoms with E-state index in [1.807, 2.05) is 31.2 Å². The Labute approximate surface area is 193 Å². The molecule has 0 fully saturated rings. The molecule has 0 radical (unpaired) electrons. The number of benzene rings is 2. The Hall–Kier alpha value is -3.88. The number of hydrogen-bond acceptors (Lipinski definition) is 4. The average molecular weight is 455 g/mol. The minimum Gasteiger partial charge on any atom is -0.481 e. The van der Waals surface area contributed by atoms with Crippen molar-refractivity contribution < 1.29 is 24.3 Å². The lowest BCUT2D eigenvalue weighted by atomic mass is 10.1. The van der Waals surface area contributed by atoms with Crippen LogP contribution in [0.2, 0.25) is 0 Å². The Morgan fingerprint density at radius 1 is 0.939 bits per heavy atom. The third-order valence-corrected chi connectivity index (χ3v) is 4.95. The van der Waals surface area contributed by atoms with E-state index in [-0.39, 0.29) is 43.7 Å². The maximum absolute atomic E-state index is 12.2. The van der Waals surface area contributed by atoms with Gasteiger partial charge in [0.25, 0.3) is 0 Å². The fraction of sp³-hybridized carbons (Fsp3) is 0.333. The number of nitrogens with zero attached hydrogens (tertiary/aromatic N) is 1. The van der Waals surface area contributed by atoms with E-state index >= 15 is 0 Å². The molecule has 4 amide bonds. The molecular formula is C24H30N4O5. The lowest BCUT2D eigenvalue weighted by Crippen LogP contribution is -2.31. The topological polar surface area (TPSA) is 128 Å². The van der Waals surface area contributed by atoms with Gasteiger partial charge in [-0.1, -0.05) is 30.3 Å². The van der Waals surface area contributed by atoms with Crippen molar-refractivity contribution in [2.75, 3.05) is 30.8 Å². The normalized spacial score (nSPS) is 10.2. The first-order chi connectivity index (χ1) is 15.7. The molecule has 2 aromatic carbocycles. The van der Waals surface area contributed by atoms with Crippen LogP contribution in [0.25, 0.3) is 0 Å². The summed E-state index contributed by atoms with van der Waals surface area (Å²) in [5.74, 6) is -1.27. The van der Waals surface area contributed by atoms with Crippen molar-refractivity contribution in [3.8, 4) is 0 Å². The summed E-state index contributed by atoms with van der Waals surface area (Å²) in [5.41, 5.74) is 3.10. The molecule has 9 heteroatoms. The molecule has 0 aliphatic carbocycles. The predicted octanol–water partition coefficient (Wildman–Crippen LogP) is 3.01. The molecule has 176 valence electrons. The highest BCUT2D eigenvalue weighted by molar-refractivity contribution is 6.00. The molecule has 2 aromatic rings. The first-order valence-electron chi connectivity index (χ1n) is 10.7. The van der Waals surface area contributed by atoms with Crippen LogP contribution in [0.4, 0.5) is 16.2 Å². The number of nitrogens with one attached hydrogen (secondary N) is 3. The summed E-state index contributed by atoms with van der Waals surface area (Å²) in [7, 11) is 1.56. The minimum atomic E-state index is -0.948. The highest BCUT2D eigenvalue weighted by atomic mass is 16.4. The lowest BCUT2D eigenvalue weighted by Gasteiger charge is -2.15. The van der Waals surface area contributed by atoms with Gasteiger partial charge in [-0.2, -0.15) is 0 Å². The molecule has 0 aliphatic rings. The van der Waals surface area contributed by atoms with Gasteiger partial charge in [-0.25, -0.2) is 4.79 Å². The number of para-hydroxylation sites is 1. The van der Waals surface area contributed by atoms with Gasteiger partial charge in [0.1, 0.15) is 0 Å². The van der Waals surface area contributed by atoms with Gasteiger partial charge in [-0.05, 0) is 42.7 Å². The molecule has 0 spiro atoms. The highest BCUT2D eigenvalue weighted by Gasteiger charge is 2.11. The Bertz CT molecular complexity index is 975. The monoisotopic (exact) mass is 454 g/mol. The molecule has 0 unspecified atom stereocenters. The number of aliphatic carboxylic acids is 1. The number of hydrogen-bond donors (Lipinski definition) is 4. The van der Waals surface area contributed by atoms with Crippen LogP contribution in [-0.2, 0) is 20.8 Å². The summed E-state index contributed by atoms with van der Waals surface area (Å²) in [6.07, 6.45) is 0.801. The van der Waals surface area contributed by atoms with Crippen LogP contribution in [-0.4, -0.2) is 54.0 Å². The fourth-order valence-corrected chi connectivity index (χ4v) is 3.00. The average Bonchev–Trinajstić information content (AvgIpc) is 2.77. The molecule has 9 nitrogen and oxygen atoms in total. The summed E-state index contributed by atoms with van der Waals surface area (Å²) >= 11 is 0. The second-order valence-electron chi connectivity index (χ2n) is 7.68. The smallest absolute Gasteiger partial charge is 0.323 e. The van der Waals surface area contributed by atoms with E-state index in [1.54, 1.807) is 31.3 Å². The van der Waals surface area contributed by atoms with E-state index < -0.39 is 5.97 Å². The third kappa shape index (κ3) is 9.42. The predicted molar refractivity (Wildman–Crippen MR) is 126 cm³/mol. The molecular weight excluding hydrogens is 424 g/mol. The van der Waals surface area contributed by atoms with Gasteiger partial charge in [0, 0.05) is 37.9 Å². The van der Waals surface area contributed by atoms with Gasteiger partial charge in [-0.3, -0.25) is 14.4 Å². The molecule has 2 rings (SSSR count). The first kappa shape index (κ1) is 25.4. The number of anilines is 2. The van der Waals surface area contributed by atoms with E-state index in [0.717, 1.165) is 16.8 Å². The van der Waals surface area contributed by atoms with Crippen molar-refractivity contribution in [3.05, 3.63) is 59.7 Å². The minimum absolute atomic E-state index is 0.0926. The molecule has 0 aromatic heterocycles. The molecule has 0 atom stereocenters. The zero-order valence-electron chi connectivity index (χ0n) is 18.9. The Balaban J connectivity index is 1.69. The lowest BCUT2D eigenvalue weighted by molar-refractivity contribution is -0.138. The maximum atomic E-state index is 12.2. The zero-order chi connectivity index (χ0) is 24.2.